The summed E-state index contributed by atoms with van der Waals surface area (Å²) in [5.74, 6) is -1.03. The van der Waals surface area contributed by atoms with Crippen LogP contribution in [0.25, 0.3) is 0 Å². The number of rotatable bonds is 5. The van der Waals surface area contributed by atoms with Crippen LogP contribution in [-0.2, 0) is 11.2 Å². The highest BCUT2D eigenvalue weighted by atomic mass is 16.5. The number of benzene rings is 2. The molecule has 6 nitrogen and oxygen atoms in total. The van der Waals surface area contributed by atoms with E-state index in [1.54, 1.807) is 30.3 Å². The largest absolute Gasteiger partial charge is 0.508 e. The maximum absolute atomic E-state index is 11.9. The molecule has 1 amide bonds. The Bertz CT molecular complexity index is 622. The Labute approximate surface area is 127 Å². The summed E-state index contributed by atoms with van der Waals surface area (Å²) in [5, 5.41) is 37.8. The average molecular weight is 303 g/mol. The van der Waals surface area contributed by atoms with Gasteiger partial charge in [-0.05, 0) is 30.7 Å². The van der Waals surface area contributed by atoms with Gasteiger partial charge in [-0.3, -0.25) is 4.79 Å². The number of anilines is 1. The quantitative estimate of drug-likeness (QED) is 0.617. The standard InChI is InChI=1S/C16H17NO5/c18-13-7-4-8-14(19)12(13)9-10-17(15(20)16(21)22)11-5-2-1-3-6-11/h1-8,16,18-19,21-22H,9-10H2. The van der Waals surface area contributed by atoms with Crippen molar-refractivity contribution in [3.8, 4) is 11.5 Å². The van der Waals surface area contributed by atoms with Crippen molar-refractivity contribution in [2.75, 3.05) is 11.4 Å². The highest BCUT2D eigenvalue weighted by molar-refractivity contribution is 5.95. The molecular formula is C16H17NO5. The minimum absolute atomic E-state index is 0.0750. The van der Waals surface area contributed by atoms with Crippen LogP contribution < -0.4 is 4.90 Å². The van der Waals surface area contributed by atoms with E-state index in [4.69, 9.17) is 10.2 Å². The van der Waals surface area contributed by atoms with Crippen molar-refractivity contribution in [2.24, 2.45) is 0 Å². The zero-order chi connectivity index (χ0) is 16.1. The highest BCUT2D eigenvalue weighted by Gasteiger charge is 2.22. The SMILES string of the molecule is O=C(C(O)O)N(CCc1c(O)cccc1O)c1ccccc1. The number of aromatic hydroxyl groups is 2. The van der Waals surface area contributed by atoms with Gasteiger partial charge in [0, 0.05) is 17.8 Å². The van der Waals surface area contributed by atoms with E-state index in [0.29, 0.717) is 11.3 Å². The van der Waals surface area contributed by atoms with Crippen molar-refractivity contribution in [3.05, 3.63) is 54.1 Å². The van der Waals surface area contributed by atoms with Gasteiger partial charge in [0.2, 0.25) is 6.29 Å². The zero-order valence-corrected chi connectivity index (χ0v) is 11.8. The normalized spacial score (nSPS) is 10.7. The minimum atomic E-state index is -2.13. The number of carbonyl (C=O) groups is 1. The number of phenols is 2. The number of para-hydroxylation sites is 1. The molecule has 0 heterocycles. The van der Waals surface area contributed by atoms with E-state index in [2.05, 4.69) is 0 Å². The fourth-order valence-electron chi connectivity index (χ4n) is 2.16. The molecule has 0 bridgehead atoms. The molecule has 0 spiro atoms. The Kier molecular flexibility index (Phi) is 4.98. The lowest BCUT2D eigenvalue weighted by molar-refractivity contribution is -0.144. The summed E-state index contributed by atoms with van der Waals surface area (Å²) in [6.07, 6.45) is -1.97. The van der Waals surface area contributed by atoms with Crippen molar-refractivity contribution < 1.29 is 25.2 Å². The Morgan fingerprint density at radius 1 is 0.955 bits per heavy atom. The molecule has 0 aliphatic rings. The second-order valence-electron chi connectivity index (χ2n) is 4.72. The fourth-order valence-corrected chi connectivity index (χ4v) is 2.16. The molecule has 0 aliphatic heterocycles. The third kappa shape index (κ3) is 3.55. The monoisotopic (exact) mass is 303 g/mol. The maximum Gasteiger partial charge on any atom is 0.283 e. The number of aliphatic hydroxyl groups excluding tert-OH is 1. The molecule has 2 aromatic rings. The summed E-state index contributed by atoms with van der Waals surface area (Å²) < 4.78 is 0. The number of amides is 1. The van der Waals surface area contributed by atoms with Crippen molar-refractivity contribution in [2.45, 2.75) is 12.7 Å². The van der Waals surface area contributed by atoms with Crippen LogP contribution in [0.4, 0.5) is 5.69 Å². The van der Waals surface area contributed by atoms with Gasteiger partial charge in [-0.25, -0.2) is 0 Å². The van der Waals surface area contributed by atoms with Gasteiger partial charge in [-0.15, -0.1) is 0 Å². The lowest BCUT2D eigenvalue weighted by Crippen LogP contribution is -2.40. The van der Waals surface area contributed by atoms with Gasteiger partial charge in [0.05, 0.1) is 0 Å². The van der Waals surface area contributed by atoms with Crippen LogP contribution in [0.3, 0.4) is 0 Å². The zero-order valence-electron chi connectivity index (χ0n) is 11.8. The van der Waals surface area contributed by atoms with Crippen LogP contribution in [-0.4, -0.2) is 39.2 Å². The second kappa shape index (κ2) is 6.93. The van der Waals surface area contributed by atoms with E-state index < -0.39 is 12.2 Å². The summed E-state index contributed by atoms with van der Waals surface area (Å²) in [5.41, 5.74) is 0.791. The van der Waals surface area contributed by atoms with Gasteiger partial charge >= 0.3 is 0 Å². The van der Waals surface area contributed by atoms with E-state index >= 15 is 0 Å². The lowest BCUT2D eigenvalue weighted by Gasteiger charge is -2.24. The molecule has 0 aromatic heterocycles. The van der Waals surface area contributed by atoms with Gasteiger partial charge in [0.15, 0.2) is 0 Å². The first-order valence-corrected chi connectivity index (χ1v) is 6.73. The molecule has 0 aliphatic carbocycles. The molecule has 0 fully saturated rings. The summed E-state index contributed by atoms with van der Waals surface area (Å²) in [6, 6.07) is 12.9. The smallest absolute Gasteiger partial charge is 0.283 e. The number of hydrogen-bond acceptors (Lipinski definition) is 5. The Hall–Kier alpha value is -2.57. The fraction of sp³-hybridized carbons (Fsp3) is 0.188. The van der Waals surface area contributed by atoms with Gasteiger partial charge in [0.25, 0.3) is 5.91 Å². The van der Waals surface area contributed by atoms with Gasteiger partial charge in [-0.2, -0.15) is 0 Å². The molecule has 0 radical (unpaired) electrons. The molecule has 116 valence electrons. The predicted molar refractivity (Wildman–Crippen MR) is 80.5 cm³/mol. The Morgan fingerprint density at radius 2 is 1.55 bits per heavy atom. The van der Waals surface area contributed by atoms with E-state index in [0.717, 1.165) is 0 Å². The summed E-state index contributed by atoms with van der Waals surface area (Å²) >= 11 is 0. The molecule has 6 heteroatoms. The van der Waals surface area contributed by atoms with Crippen LogP contribution in [0.2, 0.25) is 0 Å². The number of nitrogens with zero attached hydrogens (tertiary/aromatic N) is 1. The molecule has 4 N–H and O–H groups in total. The Morgan fingerprint density at radius 3 is 2.09 bits per heavy atom. The first-order valence-electron chi connectivity index (χ1n) is 6.73. The van der Waals surface area contributed by atoms with Crippen LogP contribution in [0.15, 0.2) is 48.5 Å². The molecule has 0 saturated carbocycles. The van der Waals surface area contributed by atoms with Gasteiger partial charge in [-0.1, -0.05) is 24.3 Å². The van der Waals surface area contributed by atoms with E-state index in [9.17, 15) is 15.0 Å². The molecule has 0 saturated heterocycles. The van der Waals surface area contributed by atoms with Crippen LogP contribution >= 0.6 is 0 Å². The van der Waals surface area contributed by atoms with Crippen molar-refractivity contribution in [1.29, 1.82) is 0 Å². The van der Waals surface area contributed by atoms with Crippen LogP contribution in [0.5, 0.6) is 11.5 Å². The van der Waals surface area contributed by atoms with Gasteiger partial charge < -0.3 is 25.3 Å². The van der Waals surface area contributed by atoms with E-state index in [1.165, 1.54) is 23.1 Å². The van der Waals surface area contributed by atoms with Crippen molar-refractivity contribution in [3.63, 3.8) is 0 Å². The third-order valence-electron chi connectivity index (χ3n) is 3.27. The first-order chi connectivity index (χ1) is 10.5. The number of phenolic OH excluding ortho intramolecular Hbond substituents is 2. The Balaban J connectivity index is 2.23. The van der Waals surface area contributed by atoms with E-state index in [1.807, 2.05) is 0 Å². The topological polar surface area (TPSA) is 101 Å². The molecular weight excluding hydrogens is 286 g/mol. The number of aliphatic hydroxyl groups is 2. The molecule has 22 heavy (non-hydrogen) atoms. The highest BCUT2D eigenvalue weighted by Crippen LogP contribution is 2.27. The van der Waals surface area contributed by atoms with Gasteiger partial charge in [0.1, 0.15) is 11.5 Å². The van der Waals surface area contributed by atoms with E-state index in [-0.39, 0.29) is 24.5 Å². The molecule has 2 rings (SSSR count). The predicted octanol–water partition coefficient (Wildman–Crippen LogP) is 0.984. The molecule has 0 unspecified atom stereocenters. The molecule has 0 atom stereocenters. The second-order valence-corrected chi connectivity index (χ2v) is 4.72. The number of hydrogen-bond donors (Lipinski definition) is 4. The first kappa shape index (κ1) is 15.8. The third-order valence-corrected chi connectivity index (χ3v) is 3.27. The molecule has 2 aromatic carbocycles. The summed E-state index contributed by atoms with van der Waals surface area (Å²) in [7, 11) is 0. The number of carbonyl (C=O) groups excluding carboxylic acids is 1. The average Bonchev–Trinajstić information content (AvgIpc) is 2.50. The lowest BCUT2D eigenvalue weighted by atomic mass is 10.1. The summed E-state index contributed by atoms with van der Waals surface area (Å²) in [6.45, 7) is 0.0750. The van der Waals surface area contributed by atoms with Crippen molar-refractivity contribution in [1.82, 2.24) is 0 Å². The maximum atomic E-state index is 11.9. The van der Waals surface area contributed by atoms with Crippen molar-refractivity contribution >= 4 is 11.6 Å². The summed E-state index contributed by atoms with van der Waals surface area (Å²) in [4.78, 5) is 13.1. The van der Waals surface area contributed by atoms with Crippen LogP contribution in [0.1, 0.15) is 5.56 Å². The van der Waals surface area contributed by atoms with Crippen LogP contribution in [0, 0.1) is 0 Å². The minimum Gasteiger partial charge on any atom is -0.508 e.